The quantitative estimate of drug-likeness (QED) is 0.0356. The lowest BCUT2D eigenvalue weighted by molar-refractivity contribution is -0.163. The molecule has 0 radical (unpaired) electrons. The highest BCUT2D eigenvalue weighted by atomic mass is 16.6. The summed E-state index contributed by atoms with van der Waals surface area (Å²) in [6, 6.07) is 0. The van der Waals surface area contributed by atoms with Crippen LogP contribution in [0.5, 0.6) is 0 Å². The molecule has 0 aromatic rings. The van der Waals surface area contributed by atoms with Crippen LogP contribution < -0.4 is 0 Å². The van der Waals surface area contributed by atoms with Crippen molar-refractivity contribution in [2.45, 2.75) is 232 Å². The Morgan fingerprint density at radius 1 is 0.423 bits per heavy atom. The normalized spacial score (nSPS) is 12.4. The topological polar surface area (TPSA) is 61.8 Å². The maximum atomic E-state index is 12.6. The SMILES string of the molecule is CCCCC/C=C\C/C=C\CCCCCCCCOCC(COC(=O)CCCCCCC/C=C\CCCCCC)OC(=O)CCCCCCCCC. The van der Waals surface area contributed by atoms with Gasteiger partial charge in [-0.05, 0) is 77.0 Å². The van der Waals surface area contributed by atoms with Crippen molar-refractivity contribution in [1.82, 2.24) is 0 Å². The van der Waals surface area contributed by atoms with Crippen molar-refractivity contribution in [3.8, 4) is 0 Å². The van der Waals surface area contributed by atoms with E-state index in [-0.39, 0.29) is 25.2 Å². The van der Waals surface area contributed by atoms with Gasteiger partial charge < -0.3 is 14.2 Å². The van der Waals surface area contributed by atoms with Gasteiger partial charge >= 0.3 is 11.9 Å². The first-order valence-corrected chi connectivity index (χ1v) is 22.5. The average molecular weight is 731 g/mol. The highest BCUT2D eigenvalue weighted by Crippen LogP contribution is 2.13. The molecule has 0 fully saturated rings. The third kappa shape index (κ3) is 40.9. The molecule has 0 aromatic heterocycles. The monoisotopic (exact) mass is 731 g/mol. The summed E-state index contributed by atoms with van der Waals surface area (Å²) in [5.74, 6) is -0.414. The van der Waals surface area contributed by atoms with Crippen LogP contribution in [0.25, 0.3) is 0 Å². The number of carbonyl (C=O) groups is 2. The molecule has 0 spiro atoms. The van der Waals surface area contributed by atoms with E-state index in [0.29, 0.717) is 19.4 Å². The van der Waals surface area contributed by atoms with Crippen molar-refractivity contribution in [1.29, 1.82) is 0 Å². The minimum atomic E-state index is -0.537. The molecule has 5 heteroatoms. The number of hydrogen-bond acceptors (Lipinski definition) is 5. The van der Waals surface area contributed by atoms with Gasteiger partial charge in [0.25, 0.3) is 0 Å². The molecule has 0 aromatic carbocycles. The van der Waals surface area contributed by atoms with Crippen molar-refractivity contribution >= 4 is 11.9 Å². The van der Waals surface area contributed by atoms with Crippen molar-refractivity contribution in [2.24, 2.45) is 0 Å². The van der Waals surface area contributed by atoms with Gasteiger partial charge in [-0.1, -0.05) is 173 Å². The lowest BCUT2D eigenvalue weighted by Gasteiger charge is -2.18. The van der Waals surface area contributed by atoms with Crippen LogP contribution in [0.2, 0.25) is 0 Å². The van der Waals surface area contributed by atoms with Crippen molar-refractivity contribution in [2.75, 3.05) is 19.8 Å². The van der Waals surface area contributed by atoms with E-state index < -0.39 is 6.10 Å². The lowest BCUT2D eigenvalue weighted by atomic mass is 10.1. The van der Waals surface area contributed by atoms with Crippen LogP contribution in [0.1, 0.15) is 226 Å². The van der Waals surface area contributed by atoms with Gasteiger partial charge in [0, 0.05) is 19.4 Å². The molecule has 0 N–H and O–H groups in total. The number of carbonyl (C=O) groups excluding carboxylic acids is 2. The van der Waals surface area contributed by atoms with Crippen LogP contribution in [-0.2, 0) is 23.8 Å². The molecule has 52 heavy (non-hydrogen) atoms. The van der Waals surface area contributed by atoms with Crippen LogP contribution in [0.4, 0.5) is 0 Å². The summed E-state index contributed by atoms with van der Waals surface area (Å²) in [5.41, 5.74) is 0. The Morgan fingerprint density at radius 3 is 1.35 bits per heavy atom. The molecule has 0 saturated heterocycles. The van der Waals surface area contributed by atoms with Crippen molar-refractivity contribution < 1.29 is 23.8 Å². The molecule has 0 heterocycles. The molecular weight excluding hydrogens is 645 g/mol. The Hall–Kier alpha value is -1.88. The maximum absolute atomic E-state index is 12.6. The van der Waals surface area contributed by atoms with Gasteiger partial charge in [0.1, 0.15) is 6.61 Å². The maximum Gasteiger partial charge on any atom is 0.306 e. The molecule has 0 amide bonds. The predicted molar refractivity (Wildman–Crippen MR) is 224 cm³/mol. The fourth-order valence-electron chi connectivity index (χ4n) is 6.24. The van der Waals surface area contributed by atoms with Crippen molar-refractivity contribution in [3.05, 3.63) is 36.5 Å². The van der Waals surface area contributed by atoms with Crippen LogP contribution in [0.3, 0.4) is 0 Å². The Bertz CT molecular complexity index is 832. The molecular formula is C47H86O5. The number of unbranched alkanes of at least 4 members (excludes halogenated alkanes) is 24. The first-order valence-electron chi connectivity index (χ1n) is 22.5. The predicted octanol–water partition coefficient (Wildman–Crippen LogP) is 14.7. The molecule has 0 rings (SSSR count). The highest BCUT2D eigenvalue weighted by molar-refractivity contribution is 5.70. The van der Waals surface area contributed by atoms with E-state index in [4.69, 9.17) is 14.2 Å². The van der Waals surface area contributed by atoms with Crippen LogP contribution in [-0.4, -0.2) is 37.9 Å². The highest BCUT2D eigenvalue weighted by Gasteiger charge is 2.17. The third-order valence-electron chi connectivity index (χ3n) is 9.65. The lowest BCUT2D eigenvalue weighted by Crippen LogP contribution is -2.30. The summed E-state index contributed by atoms with van der Waals surface area (Å²) in [6.45, 7) is 7.73. The zero-order chi connectivity index (χ0) is 37.8. The molecule has 0 aliphatic carbocycles. The van der Waals surface area contributed by atoms with E-state index in [1.165, 1.54) is 135 Å². The Balaban J connectivity index is 4.17. The van der Waals surface area contributed by atoms with E-state index in [9.17, 15) is 9.59 Å². The smallest absolute Gasteiger partial charge is 0.306 e. The van der Waals surface area contributed by atoms with Crippen LogP contribution in [0, 0.1) is 0 Å². The third-order valence-corrected chi connectivity index (χ3v) is 9.65. The van der Waals surface area contributed by atoms with E-state index in [1.807, 2.05) is 0 Å². The number of rotatable bonds is 41. The first-order chi connectivity index (χ1) is 25.6. The van der Waals surface area contributed by atoms with Crippen LogP contribution >= 0.6 is 0 Å². The second kappa shape index (κ2) is 43.5. The minimum absolute atomic E-state index is 0.0794. The van der Waals surface area contributed by atoms with Crippen LogP contribution in [0.15, 0.2) is 36.5 Å². The summed E-state index contributed by atoms with van der Waals surface area (Å²) in [4.78, 5) is 25.1. The largest absolute Gasteiger partial charge is 0.462 e. The van der Waals surface area contributed by atoms with E-state index in [0.717, 1.165) is 57.8 Å². The number of hydrogen-bond donors (Lipinski definition) is 0. The molecule has 1 atom stereocenters. The van der Waals surface area contributed by atoms with Gasteiger partial charge in [-0.2, -0.15) is 0 Å². The summed E-state index contributed by atoms with van der Waals surface area (Å²) < 4.78 is 17.2. The summed E-state index contributed by atoms with van der Waals surface area (Å²) in [5, 5.41) is 0. The minimum Gasteiger partial charge on any atom is -0.462 e. The van der Waals surface area contributed by atoms with Gasteiger partial charge in [-0.15, -0.1) is 0 Å². The molecule has 304 valence electrons. The summed E-state index contributed by atoms with van der Waals surface area (Å²) >= 11 is 0. The summed E-state index contributed by atoms with van der Waals surface area (Å²) in [6.07, 6.45) is 50.0. The number of ether oxygens (including phenoxy) is 3. The molecule has 0 bridgehead atoms. The van der Waals surface area contributed by atoms with Gasteiger partial charge in [0.15, 0.2) is 6.10 Å². The summed E-state index contributed by atoms with van der Waals surface area (Å²) in [7, 11) is 0. The molecule has 5 nitrogen and oxygen atoms in total. The van der Waals surface area contributed by atoms with Gasteiger partial charge in [0.2, 0.25) is 0 Å². The fraction of sp³-hybridized carbons (Fsp3) is 0.830. The molecule has 0 saturated carbocycles. The Morgan fingerprint density at radius 2 is 0.808 bits per heavy atom. The Kier molecular flexibility index (Phi) is 42.0. The van der Waals surface area contributed by atoms with Gasteiger partial charge in [0.05, 0.1) is 6.61 Å². The molecule has 0 aliphatic heterocycles. The van der Waals surface area contributed by atoms with E-state index in [2.05, 4.69) is 57.2 Å². The van der Waals surface area contributed by atoms with Gasteiger partial charge in [-0.25, -0.2) is 0 Å². The zero-order valence-corrected chi connectivity index (χ0v) is 34.8. The fourth-order valence-corrected chi connectivity index (χ4v) is 6.24. The second-order valence-electron chi connectivity index (χ2n) is 15.0. The average Bonchev–Trinajstić information content (AvgIpc) is 3.14. The number of allylic oxidation sites excluding steroid dienone is 6. The van der Waals surface area contributed by atoms with Crippen molar-refractivity contribution in [3.63, 3.8) is 0 Å². The number of esters is 2. The first kappa shape index (κ1) is 50.1. The zero-order valence-electron chi connectivity index (χ0n) is 34.8. The Labute approximate surface area is 323 Å². The van der Waals surface area contributed by atoms with Gasteiger partial charge in [-0.3, -0.25) is 9.59 Å². The molecule has 1 unspecified atom stereocenters. The van der Waals surface area contributed by atoms with E-state index in [1.54, 1.807) is 0 Å². The van der Waals surface area contributed by atoms with E-state index >= 15 is 0 Å². The molecule has 0 aliphatic rings. The standard InChI is InChI=1S/C47H86O5/c1-4-7-10-13-16-18-20-22-23-24-26-28-30-33-36-39-42-50-43-45(52-47(49)41-38-35-31-15-12-9-6-3)44-51-46(48)40-37-34-32-29-27-25-21-19-17-14-11-8-5-2/h16,18-19,21-23,45H,4-15,17,20,24-44H2,1-3H3/b18-16-,21-19-,23-22-. The second-order valence-corrected chi connectivity index (χ2v) is 15.0.